The third-order valence-electron chi connectivity index (χ3n) is 3.96. The fourth-order valence-corrected chi connectivity index (χ4v) is 2.76. The number of carbonyl (C=O) groups is 1. The average molecular weight is 291 g/mol. The van der Waals surface area contributed by atoms with Crippen molar-refractivity contribution in [3.05, 3.63) is 29.8 Å². The molecule has 1 unspecified atom stereocenters. The summed E-state index contributed by atoms with van der Waals surface area (Å²) in [6, 6.07) is 7.74. The lowest BCUT2D eigenvalue weighted by molar-refractivity contribution is -0.124. The Morgan fingerprint density at radius 2 is 2.05 bits per heavy atom. The zero-order valence-electron chi connectivity index (χ0n) is 12.5. The second-order valence-corrected chi connectivity index (χ2v) is 5.50. The maximum absolute atomic E-state index is 11.4. The summed E-state index contributed by atoms with van der Waals surface area (Å²) in [7, 11) is 0. The molecule has 21 heavy (non-hydrogen) atoms. The number of benzene rings is 1. The van der Waals surface area contributed by atoms with Crippen LogP contribution in [0.2, 0.25) is 0 Å². The first kappa shape index (κ1) is 15.8. The van der Waals surface area contributed by atoms with Gasteiger partial charge in [0.1, 0.15) is 5.75 Å². The van der Waals surface area contributed by atoms with Crippen LogP contribution in [0.4, 0.5) is 0 Å². The van der Waals surface area contributed by atoms with Gasteiger partial charge in [-0.25, -0.2) is 0 Å². The first-order valence-electron chi connectivity index (χ1n) is 7.66. The van der Waals surface area contributed by atoms with Crippen LogP contribution in [-0.4, -0.2) is 36.5 Å². The lowest BCUT2D eigenvalue weighted by atomic mass is 10.0. The number of nitrogens with zero attached hydrogens (tertiary/aromatic N) is 1. The second-order valence-electron chi connectivity index (χ2n) is 5.50. The van der Waals surface area contributed by atoms with Crippen LogP contribution in [0.1, 0.15) is 31.2 Å². The molecule has 0 aliphatic carbocycles. The van der Waals surface area contributed by atoms with Crippen molar-refractivity contribution in [1.29, 1.82) is 0 Å². The highest BCUT2D eigenvalue weighted by Gasteiger charge is 2.26. The van der Waals surface area contributed by atoms with Crippen molar-refractivity contribution in [2.75, 3.05) is 19.7 Å². The Morgan fingerprint density at radius 1 is 1.29 bits per heavy atom. The van der Waals surface area contributed by atoms with E-state index in [0.29, 0.717) is 13.2 Å². The smallest absolute Gasteiger partial charge is 0.234 e. The van der Waals surface area contributed by atoms with Gasteiger partial charge in [-0.2, -0.15) is 0 Å². The first-order valence-corrected chi connectivity index (χ1v) is 7.66. The zero-order chi connectivity index (χ0) is 15.1. The summed E-state index contributed by atoms with van der Waals surface area (Å²) >= 11 is 0. The van der Waals surface area contributed by atoms with Gasteiger partial charge in [0, 0.05) is 13.1 Å². The summed E-state index contributed by atoms with van der Waals surface area (Å²) < 4.78 is 5.71. The summed E-state index contributed by atoms with van der Waals surface area (Å²) in [4.78, 5) is 13.6. The molecule has 0 saturated carbocycles. The van der Waals surface area contributed by atoms with Gasteiger partial charge in [0.25, 0.3) is 0 Å². The van der Waals surface area contributed by atoms with E-state index in [9.17, 15) is 4.79 Å². The molecule has 1 aliphatic rings. The van der Waals surface area contributed by atoms with Crippen LogP contribution in [0.3, 0.4) is 0 Å². The van der Waals surface area contributed by atoms with Crippen molar-refractivity contribution in [2.45, 2.75) is 38.3 Å². The van der Waals surface area contributed by atoms with E-state index in [2.05, 4.69) is 4.90 Å². The summed E-state index contributed by atoms with van der Waals surface area (Å²) in [5.74, 6) is 0.658. The molecule has 0 spiro atoms. The largest absolute Gasteiger partial charge is 0.494 e. The van der Waals surface area contributed by atoms with Gasteiger partial charge in [0.2, 0.25) is 5.91 Å². The highest BCUT2D eigenvalue weighted by molar-refractivity contribution is 5.79. The number of hydrogen-bond acceptors (Lipinski definition) is 4. The minimum Gasteiger partial charge on any atom is -0.494 e. The lowest BCUT2D eigenvalue weighted by Gasteiger charge is -2.33. The molecule has 1 heterocycles. The number of carbonyl (C=O) groups excluding carboxylic acids is 1. The Bertz CT molecular complexity index is 447. The molecule has 0 radical (unpaired) electrons. The van der Waals surface area contributed by atoms with Crippen molar-refractivity contribution in [1.82, 2.24) is 4.90 Å². The highest BCUT2D eigenvalue weighted by Crippen LogP contribution is 2.17. The molecule has 4 N–H and O–H groups in total. The third kappa shape index (κ3) is 4.72. The maximum atomic E-state index is 11.4. The van der Waals surface area contributed by atoms with Crippen molar-refractivity contribution in [3.63, 3.8) is 0 Å². The van der Waals surface area contributed by atoms with E-state index in [1.807, 2.05) is 24.3 Å². The molecule has 1 aromatic rings. The zero-order valence-corrected chi connectivity index (χ0v) is 12.5. The van der Waals surface area contributed by atoms with Crippen molar-refractivity contribution in [2.24, 2.45) is 11.5 Å². The predicted molar refractivity (Wildman–Crippen MR) is 82.9 cm³/mol. The van der Waals surface area contributed by atoms with Crippen molar-refractivity contribution in [3.8, 4) is 5.75 Å². The summed E-state index contributed by atoms with van der Waals surface area (Å²) in [6.07, 6.45) is 4.01. The molecule has 1 aromatic carbocycles. The van der Waals surface area contributed by atoms with Gasteiger partial charge in [-0.1, -0.05) is 18.6 Å². The van der Waals surface area contributed by atoms with Crippen LogP contribution >= 0.6 is 0 Å². The number of hydrogen-bond donors (Lipinski definition) is 2. The number of rotatable bonds is 7. The summed E-state index contributed by atoms with van der Waals surface area (Å²) in [5, 5.41) is 0. The van der Waals surface area contributed by atoms with Crippen molar-refractivity contribution >= 4 is 5.91 Å². The fraction of sp³-hybridized carbons (Fsp3) is 0.562. The van der Waals surface area contributed by atoms with Crippen LogP contribution in [0, 0.1) is 0 Å². The van der Waals surface area contributed by atoms with Gasteiger partial charge in [-0.15, -0.1) is 0 Å². The molecule has 1 amide bonds. The molecule has 2 rings (SSSR count). The Morgan fingerprint density at radius 3 is 2.71 bits per heavy atom. The maximum Gasteiger partial charge on any atom is 0.234 e. The average Bonchev–Trinajstić information content (AvgIpc) is 2.52. The second kappa shape index (κ2) is 8.00. The molecular formula is C16H25N3O2. The minimum atomic E-state index is -0.201. The SMILES string of the molecule is NCc1ccc(OCCCN2CCCCC2C(N)=O)cc1. The number of ether oxygens (including phenoxy) is 1. The van der Waals surface area contributed by atoms with E-state index in [1.54, 1.807) is 0 Å². The quantitative estimate of drug-likeness (QED) is 0.741. The van der Waals surface area contributed by atoms with E-state index in [0.717, 1.165) is 50.1 Å². The number of primary amides is 1. The number of amides is 1. The van der Waals surface area contributed by atoms with Gasteiger partial charge in [0.05, 0.1) is 12.6 Å². The normalized spacial score (nSPS) is 19.4. The summed E-state index contributed by atoms with van der Waals surface area (Å²) in [5.41, 5.74) is 12.1. The standard InChI is InChI=1S/C16H25N3O2/c17-12-13-5-7-14(8-6-13)21-11-3-10-19-9-2-1-4-15(19)16(18)20/h5-8,15H,1-4,9-12,17H2,(H2,18,20). The first-order chi connectivity index (χ1) is 10.2. The van der Waals surface area contributed by atoms with Gasteiger partial charge in [0.15, 0.2) is 0 Å². The van der Waals surface area contributed by atoms with Crippen LogP contribution < -0.4 is 16.2 Å². The molecule has 1 fully saturated rings. The third-order valence-corrected chi connectivity index (χ3v) is 3.96. The summed E-state index contributed by atoms with van der Waals surface area (Å²) in [6.45, 7) is 3.00. The predicted octanol–water partition coefficient (Wildman–Crippen LogP) is 1.25. The molecule has 1 atom stereocenters. The molecule has 1 aliphatic heterocycles. The van der Waals surface area contributed by atoms with E-state index in [-0.39, 0.29) is 11.9 Å². The van der Waals surface area contributed by atoms with E-state index < -0.39 is 0 Å². The highest BCUT2D eigenvalue weighted by atomic mass is 16.5. The van der Waals surface area contributed by atoms with Crippen molar-refractivity contribution < 1.29 is 9.53 Å². The van der Waals surface area contributed by atoms with E-state index in [4.69, 9.17) is 16.2 Å². The van der Waals surface area contributed by atoms with Crippen LogP contribution in [-0.2, 0) is 11.3 Å². The lowest BCUT2D eigenvalue weighted by Crippen LogP contribution is -2.48. The molecule has 116 valence electrons. The van der Waals surface area contributed by atoms with Crippen LogP contribution in [0.25, 0.3) is 0 Å². The molecule has 5 nitrogen and oxygen atoms in total. The topological polar surface area (TPSA) is 81.6 Å². The molecular weight excluding hydrogens is 266 g/mol. The van der Waals surface area contributed by atoms with Crippen LogP contribution in [0.15, 0.2) is 24.3 Å². The molecule has 5 heteroatoms. The van der Waals surface area contributed by atoms with E-state index in [1.165, 1.54) is 0 Å². The van der Waals surface area contributed by atoms with Gasteiger partial charge in [-0.3, -0.25) is 9.69 Å². The number of piperidine rings is 1. The molecule has 0 aromatic heterocycles. The fourth-order valence-electron chi connectivity index (χ4n) is 2.76. The molecule has 0 bridgehead atoms. The van der Waals surface area contributed by atoms with E-state index >= 15 is 0 Å². The number of nitrogens with two attached hydrogens (primary N) is 2. The molecule has 1 saturated heterocycles. The Labute approximate surface area is 126 Å². The number of likely N-dealkylation sites (tertiary alicyclic amines) is 1. The Kier molecular flexibility index (Phi) is 6.02. The Balaban J connectivity index is 1.71. The van der Waals surface area contributed by atoms with Gasteiger partial charge < -0.3 is 16.2 Å². The minimum absolute atomic E-state index is 0.0948. The van der Waals surface area contributed by atoms with Gasteiger partial charge >= 0.3 is 0 Å². The van der Waals surface area contributed by atoms with Gasteiger partial charge in [-0.05, 0) is 43.5 Å². The Hall–Kier alpha value is -1.59. The van der Waals surface area contributed by atoms with Crippen LogP contribution in [0.5, 0.6) is 5.75 Å². The monoisotopic (exact) mass is 291 g/mol.